The highest BCUT2D eigenvalue weighted by Gasteiger charge is 2.25. The normalized spacial score (nSPS) is 18.5. The Morgan fingerprint density at radius 3 is 2.63 bits per heavy atom. The molecule has 0 bridgehead atoms. The van der Waals surface area contributed by atoms with E-state index in [0.717, 1.165) is 38.6 Å². The Balaban J connectivity index is 0.00000364. The van der Waals surface area contributed by atoms with Crippen LogP contribution in [0.25, 0.3) is 0 Å². The molecule has 1 aromatic carbocycles. The van der Waals surface area contributed by atoms with Gasteiger partial charge in [-0.05, 0) is 17.9 Å². The summed E-state index contributed by atoms with van der Waals surface area (Å²) in [6.45, 7) is 9.65. The predicted octanol–water partition coefficient (Wildman–Crippen LogP) is 3.60. The van der Waals surface area contributed by atoms with Crippen molar-refractivity contribution in [2.24, 2.45) is 16.8 Å². The monoisotopic (exact) mass is 489 g/mol. The molecule has 1 heterocycles. The number of methoxy groups -OCH3 is 1. The number of nitrogens with zero attached hydrogens (tertiary/aromatic N) is 2. The van der Waals surface area contributed by atoms with Crippen LogP contribution in [-0.4, -0.2) is 64.5 Å². The van der Waals surface area contributed by atoms with E-state index in [-0.39, 0.29) is 24.0 Å². The summed E-state index contributed by atoms with van der Waals surface area (Å²) in [6.07, 6.45) is 1.15. The van der Waals surface area contributed by atoms with Gasteiger partial charge in [-0.1, -0.05) is 44.2 Å². The van der Waals surface area contributed by atoms with Crippen LogP contribution in [0.3, 0.4) is 0 Å². The van der Waals surface area contributed by atoms with E-state index >= 15 is 0 Å². The summed E-state index contributed by atoms with van der Waals surface area (Å²) in [5, 5.41) is 3.60. The molecule has 0 aliphatic carbocycles. The molecule has 1 aliphatic rings. The first-order valence-corrected chi connectivity index (χ1v) is 9.73. The summed E-state index contributed by atoms with van der Waals surface area (Å²) >= 11 is 0. The van der Waals surface area contributed by atoms with E-state index in [4.69, 9.17) is 9.47 Å². The van der Waals surface area contributed by atoms with Crippen molar-refractivity contribution < 1.29 is 9.47 Å². The average Bonchev–Trinajstić information content (AvgIpc) is 3.11. The molecule has 5 nitrogen and oxygen atoms in total. The van der Waals surface area contributed by atoms with E-state index in [1.807, 2.05) is 7.05 Å². The van der Waals surface area contributed by atoms with Crippen LogP contribution in [0.5, 0.6) is 0 Å². The third-order valence-electron chi connectivity index (χ3n) is 5.10. The zero-order valence-electron chi connectivity index (χ0n) is 17.2. The third-order valence-corrected chi connectivity index (χ3v) is 5.10. The Kier molecular flexibility index (Phi) is 11.9. The highest BCUT2D eigenvalue weighted by molar-refractivity contribution is 14.0. The third kappa shape index (κ3) is 7.95. The summed E-state index contributed by atoms with van der Waals surface area (Å²) in [4.78, 5) is 6.86. The molecule has 2 atom stereocenters. The average molecular weight is 489 g/mol. The first-order valence-electron chi connectivity index (χ1n) is 9.73. The fourth-order valence-corrected chi connectivity index (χ4v) is 3.53. The van der Waals surface area contributed by atoms with Gasteiger partial charge >= 0.3 is 0 Å². The number of hydrogen-bond acceptors (Lipinski definition) is 3. The van der Waals surface area contributed by atoms with E-state index in [9.17, 15) is 0 Å². The van der Waals surface area contributed by atoms with Gasteiger partial charge in [0.15, 0.2) is 5.96 Å². The van der Waals surface area contributed by atoms with Gasteiger partial charge in [-0.2, -0.15) is 0 Å². The van der Waals surface area contributed by atoms with Gasteiger partial charge in [0.25, 0.3) is 0 Å². The lowest BCUT2D eigenvalue weighted by atomic mass is 9.88. The maximum atomic E-state index is 5.70. The largest absolute Gasteiger partial charge is 0.382 e. The Hall–Kier alpha value is -0.860. The summed E-state index contributed by atoms with van der Waals surface area (Å²) in [7, 11) is 3.58. The van der Waals surface area contributed by atoms with Crippen molar-refractivity contribution in [1.29, 1.82) is 0 Å². The lowest BCUT2D eigenvalue weighted by Crippen LogP contribution is -2.42. The van der Waals surface area contributed by atoms with Crippen molar-refractivity contribution >= 4 is 29.9 Å². The number of guanidine groups is 1. The zero-order valence-corrected chi connectivity index (χ0v) is 19.5. The first kappa shape index (κ1) is 24.2. The number of rotatable bonds is 9. The smallest absolute Gasteiger partial charge is 0.193 e. The molecule has 1 N–H and O–H groups in total. The molecule has 0 saturated carbocycles. The molecular formula is C21H36IN3O2. The van der Waals surface area contributed by atoms with E-state index in [0.29, 0.717) is 31.0 Å². The van der Waals surface area contributed by atoms with Gasteiger partial charge in [-0.3, -0.25) is 4.99 Å². The molecule has 0 radical (unpaired) electrons. The van der Waals surface area contributed by atoms with Crippen LogP contribution in [0.15, 0.2) is 35.3 Å². The molecule has 0 amide bonds. The maximum Gasteiger partial charge on any atom is 0.193 e. The number of halogens is 1. The minimum atomic E-state index is 0. The summed E-state index contributed by atoms with van der Waals surface area (Å²) in [6, 6.07) is 10.8. The van der Waals surface area contributed by atoms with Crippen LogP contribution in [0, 0.1) is 11.8 Å². The summed E-state index contributed by atoms with van der Waals surface area (Å²) < 4.78 is 10.7. The lowest BCUT2D eigenvalue weighted by Gasteiger charge is -2.26. The molecule has 1 fully saturated rings. The standard InChI is InChI=1S/C21H35N3O2.HI/c1-17(2)20(19-8-6-5-7-9-19)14-23-21(22-3)24-11-10-18(15-24)16-26-13-12-25-4;/h5-9,17-18,20H,10-16H2,1-4H3,(H,22,23);1H. The molecule has 6 heteroatoms. The van der Waals surface area contributed by atoms with Gasteiger partial charge in [-0.25, -0.2) is 0 Å². The molecule has 0 spiro atoms. The van der Waals surface area contributed by atoms with E-state index in [1.54, 1.807) is 7.11 Å². The number of likely N-dealkylation sites (tertiary alicyclic amines) is 1. The van der Waals surface area contributed by atoms with E-state index in [1.165, 1.54) is 5.56 Å². The predicted molar refractivity (Wildman–Crippen MR) is 123 cm³/mol. The zero-order chi connectivity index (χ0) is 18.8. The van der Waals surface area contributed by atoms with Crippen molar-refractivity contribution in [3.8, 4) is 0 Å². The van der Waals surface area contributed by atoms with Crippen molar-refractivity contribution in [2.45, 2.75) is 26.2 Å². The topological polar surface area (TPSA) is 46.1 Å². The van der Waals surface area contributed by atoms with Gasteiger partial charge in [-0.15, -0.1) is 24.0 Å². The van der Waals surface area contributed by atoms with Crippen molar-refractivity contribution in [3.63, 3.8) is 0 Å². The highest BCUT2D eigenvalue weighted by Crippen LogP contribution is 2.24. The maximum absolute atomic E-state index is 5.70. The number of nitrogens with one attached hydrogen (secondary N) is 1. The first-order chi connectivity index (χ1) is 12.7. The molecule has 0 aromatic heterocycles. The van der Waals surface area contributed by atoms with Crippen molar-refractivity contribution in [2.75, 3.05) is 53.6 Å². The molecular weight excluding hydrogens is 453 g/mol. The van der Waals surface area contributed by atoms with Crippen LogP contribution < -0.4 is 5.32 Å². The van der Waals surface area contributed by atoms with E-state index in [2.05, 4.69) is 59.4 Å². The van der Waals surface area contributed by atoms with Crippen LogP contribution >= 0.6 is 24.0 Å². The van der Waals surface area contributed by atoms with Gasteiger partial charge in [0.1, 0.15) is 0 Å². The minimum absolute atomic E-state index is 0. The Bertz CT molecular complexity index is 539. The van der Waals surface area contributed by atoms with Crippen LogP contribution in [0.1, 0.15) is 31.7 Å². The summed E-state index contributed by atoms with van der Waals surface area (Å²) in [5.41, 5.74) is 1.39. The fraction of sp³-hybridized carbons (Fsp3) is 0.667. The SMILES string of the molecule is CN=C(NCC(c1ccccc1)C(C)C)N1CCC(COCCOC)C1.I. The molecule has 27 heavy (non-hydrogen) atoms. The minimum Gasteiger partial charge on any atom is -0.382 e. The van der Waals surface area contributed by atoms with Crippen molar-refractivity contribution in [3.05, 3.63) is 35.9 Å². The quantitative estimate of drug-likeness (QED) is 0.249. The van der Waals surface area contributed by atoms with Crippen LogP contribution in [0.2, 0.25) is 0 Å². The lowest BCUT2D eigenvalue weighted by molar-refractivity contribution is 0.0536. The van der Waals surface area contributed by atoms with Crippen LogP contribution in [0.4, 0.5) is 0 Å². The van der Waals surface area contributed by atoms with Gasteiger partial charge in [0.05, 0.1) is 19.8 Å². The molecule has 2 rings (SSSR count). The Morgan fingerprint density at radius 1 is 1.26 bits per heavy atom. The number of ether oxygens (including phenoxy) is 2. The molecule has 1 saturated heterocycles. The highest BCUT2D eigenvalue weighted by atomic mass is 127. The van der Waals surface area contributed by atoms with Gasteiger partial charge in [0.2, 0.25) is 0 Å². The second-order valence-electron chi connectivity index (χ2n) is 7.36. The molecule has 1 aromatic rings. The number of benzene rings is 1. The Morgan fingerprint density at radius 2 is 2.00 bits per heavy atom. The second kappa shape index (κ2) is 13.3. The molecule has 2 unspecified atom stereocenters. The molecule has 1 aliphatic heterocycles. The van der Waals surface area contributed by atoms with Gasteiger partial charge in [0, 0.05) is 45.6 Å². The van der Waals surface area contributed by atoms with E-state index < -0.39 is 0 Å². The molecule has 154 valence electrons. The second-order valence-corrected chi connectivity index (χ2v) is 7.36. The fourth-order valence-electron chi connectivity index (χ4n) is 3.53. The summed E-state index contributed by atoms with van der Waals surface area (Å²) in [5.74, 6) is 2.62. The van der Waals surface area contributed by atoms with Gasteiger partial charge < -0.3 is 19.7 Å². The number of hydrogen-bond donors (Lipinski definition) is 1. The van der Waals surface area contributed by atoms with Crippen molar-refractivity contribution in [1.82, 2.24) is 10.2 Å². The number of aliphatic imine (C=N–C) groups is 1. The Labute approximate surface area is 181 Å². The van der Waals surface area contributed by atoms with Crippen LogP contribution in [-0.2, 0) is 9.47 Å².